The Kier molecular flexibility index (Phi) is 4.18. The largest absolute Gasteiger partial charge is 0.320 e. The van der Waals surface area contributed by atoms with E-state index in [0.29, 0.717) is 0 Å². The van der Waals surface area contributed by atoms with Gasteiger partial charge < -0.3 is 9.47 Å². The third-order valence-electron chi connectivity index (χ3n) is 5.31. The first kappa shape index (κ1) is 16.1. The van der Waals surface area contributed by atoms with Gasteiger partial charge in [-0.1, -0.05) is 13.0 Å². The van der Waals surface area contributed by atoms with E-state index < -0.39 is 0 Å². The Bertz CT molecular complexity index is 935. The molecule has 1 aliphatic rings. The van der Waals surface area contributed by atoms with Crippen molar-refractivity contribution in [2.45, 2.75) is 33.2 Å². The standard InChI is InChI=1S/C22H25N3/c1-4-17-5-6-21-19(13-17)20-15-24(3)12-9-22(20)25(21)14-16(2)18-7-10-23-11-8-18/h5-8,10-11,13-14H,4,9,12,15H2,1-3H3/b16-14-. The van der Waals surface area contributed by atoms with E-state index in [9.17, 15) is 0 Å². The topological polar surface area (TPSA) is 21.1 Å². The number of pyridine rings is 1. The Morgan fingerprint density at radius 3 is 2.76 bits per heavy atom. The van der Waals surface area contributed by atoms with Crippen molar-refractivity contribution in [2.24, 2.45) is 0 Å². The van der Waals surface area contributed by atoms with Crippen LogP contribution in [-0.2, 0) is 19.4 Å². The molecule has 3 heterocycles. The van der Waals surface area contributed by atoms with Gasteiger partial charge in [-0.2, -0.15) is 0 Å². The summed E-state index contributed by atoms with van der Waals surface area (Å²) in [6, 6.07) is 11.1. The number of aryl methyl sites for hydroxylation is 1. The van der Waals surface area contributed by atoms with E-state index in [2.05, 4.69) is 71.9 Å². The minimum atomic E-state index is 1.04. The number of rotatable bonds is 3. The van der Waals surface area contributed by atoms with Crippen LogP contribution in [-0.4, -0.2) is 28.0 Å². The highest BCUT2D eigenvalue weighted by molar-refractivity contribution is 5.90. The average molecular weight is 331 g/mol. The Hall–Kier alpha value is -2.39. The molecule has 0 saturated heterocycles. The van der Waals surface area contributed by atoms with E-state index in [1.165, 1.54) is 38.9 Å². The van der Waals surface area contributed by atoms with Crippen LogP contribution in [0.4, 0.5) is 0 Å². The van der Waals surface area contributed by atoms with Crippen molar-refractivity contribution in [1.29, 1.82) is 0 Å². The molecular formula is C22H25N3. The highest BCUT2D eigenvalue weighted by atomic mass is 15.1. The van der Waals surface area contributed by atoms with E-state index in [1.54, 1.807) is 0 Å². The van der Waals surface area contributed by atoms with Crippen molar-refractivity contribution >= 4 is 22.7 Å². The average Bonchev–Trinajstić information content (AvgIpc) is 2.95. The third-order valence-corrected chi connectivity index (χ3v) is 5.31. The fourth-order valence-electron chi connectivity index (χ4n) is 3.83. The lowest BCUT2D eigenvalue weighted by molar-refractivity contribution is 0.312. The second-order valence-electron chi connectivity index (χ2n) is 7.04. The number of allylic oxidation sites excluding steroid dienone is 1. The van der Waals surface area contributed by atoms with Crippen LogP contribution in [0.5, 0.6) is 0 Å². The fourth-order valence-corrected chi connectivity index (χ4v) is 3.83. The lowest BCUT2D eigenvalue weighted by Gasteiger charge is -2.23. The molecular weight excluding hydrogens is 306 g/mol. The van der Waals surface area contributed by atoms with Gasteiger partial charge in [-0.25, -0.2) is 0 Å². The van der Waals surface area contributed by atoms with E-state index in [1.807, 2.05) is 12.4 Å². The molecule has 0 aliphatic carbocycles. The first-order valence-corrected chi connectivity index (χ1v) is 9.09. The summed E-state index contributed by atoms with van der Waals surface area (Å²) in [5, 5.41) is 1.42. The van der Waals surface area contributed by atoms with E-state index >= 15 is 0 Å². The van der Waals surface area contributed by atoms with Gasteiger partial charge in [0.1, 0.15) is 0 Å². The monoisotopic (exact) mass is 331 g/mol. The number of fused-ring (bicyclic) bond motifs is 3. The van der Waals surface area contributed by atoms with Crippen molar-refractivity contribution in [2.75, 3.05) is 13.6 Å². The Balaban J connectivity index is 1.91. The Labute approximate surface area is 149 Å². The van der Waals surface area contributed by atoms with Crippen molar-refractivity contribution in [3.05, 3.63) is 65.1 Å². The molecule has 3 aromatic rings. The number of likely N-dealkylation sites (N-methyl/N-ethyl adjacent to an activating group) is 1. The summed E-state index contributed by atoms with van der Waals surface area (Å²) in [4.78, 5) is 6.55. The molecule has 25 heavy (non-hydrogen) atoms. The normalized spacial score (nSPS) is 15.6. The first-order valence-electron chi connectivity index (χ1n) is 9.09. The molecule has 0 unspecified atom stereocenters. The van der Waals surface area contributed by atoms with Gasteiger partial charge in [0.15, 0.2) is 0 Å². The fraction of sp³-hybridized carbons (Fsp3) is 0.318. The Morgan fingerprint density at radius 1 is 1.20 bits per heavy atom. The zero-order valence-electron chi connectivity index (χ0n) is 15.3. The molecule has 4 rings (SSSR count). The van der Waals surface area contributed by atoms with Crippen LogP contribution in [0.2, 0.25) is 0 Å². The van der Waals surface area contributed by atoms with Crippen LogP contribution in [0, 0.1) is 0 Å². The van der Waals surface area contributed by atoms with Gasteiger partial charge in [0.05, 0.1) is 5.52 Å². The maximum atomic E-state index is 4.13. The molecule has 0 bridgehead atoms. The second-order valence-corrected chi connectivity index (χ2v) is 7.04. The molecule has 0 fully saturated rings. The lowest BCUT2D eigenvalue weighted by atomic mass is 10.0. The molecule has 3 heteroatoms. The van der Waals surface area contributed by atoms with Crippen molar-refractivity contribution < 1.29 is 0 Å². The summed E-state index contributed by atoms with van der Waals surface area (Å²) in [7, 11) is 2.22. The molecule has 0 saturated carbocycles. The van der Waals surface area contributed by atoms with Crippen LogP contribution < -0.4 is 0 Å². The predicted molar refractivity (Wildman–Crippen MR) is 105 cm³/mol. The smallest absolute Gasteiger partial charge is 0.0529 e. The molecule has 1 aliphatic heterocycles. The van der Waals surface area contributed by atoms with Gasteiger partial charge in [0, 0.05) is 49.2 Å². The van der Waals surface area contributed by atoms with Crippen molar-refractivity contribution in [3.8, 4) is 0 Å². The van der Waals surface area contributed by atoms with Crippen LogP contribution in [0.3, 0.4) is 0 Å². The summed E-state index contributed by atoms with van der Waals surface area (Å²) in [5.74, 6) is 0. The Morgan fingerprint density at radius 2 is 2.00 bits per heavy atom. The molecule has 0 spiro atoms. The SMILES string of the molecule is CCc1ccc2c(c1)c1c(n2/C=C(/C)c2ccncc2)CCN(C)C1. The maximum Gasteiger partial charge on any atom is 0.0529 e. The quantitative estimate of drug-likeness (QED) is 0.699. The summed E-state index contributed by atoms with van der Waals surface area (Å²) >= 11 is 0. The van der Waals surface area contributed by atoms with Gasteiger partial charge in [-0.3, -0.25) is 4.98 Å². The third kappa shape index (κ3) is 2.89. The number of aromatic nitrogens is 2. The van der Waals surface area contributed by atoms with Crippen LogP contribution >= 0.6 is 0 Å². The van der Waals surface area contributed by atoms with Crippen LogP contribution in [0.1, 0.15) is 36.2 Å². The zero-order chi connectivity index (χ0) is 17.4. The maximum absolute atomic E-state index is 4.13. The van der Waals surface area contributed by atoms with Gasteiger partial charge in [-0.05, 0) is 66.9 Å². The first-order chi connectivity index (χ1) is 12.2. The minimum Gasteiger partial charge on any atom is -0.320 e. The van der Waals surface area contributed by atoms with Gasteiger partial charge >= 0.3 is 0 Å². The molecule has 0 radical (unpaired) electrons. The summed E-state index contributed by atoms with van der Waals surface area (Å²) in [5.41, 5.74) is 8.19. The highest BCUT2D eigenvalue weighted by Crippen LogP contribution is 2.32. The van der Waals surface area contributed by atoms with E-state index in [4.69, 9.17) is 0 Å². The van der Waals surface area contributed by atoms with Crippen LogP contribution in [0.15, 0.2) is 42.7 Å². The number of nitrogens with zero attached hydrogens (tertiary/aromatic N) is 3. The minimum absolute atomic E-state index is 1.04. The van der Waals surface area contributed by atoms with Gasteiger partial charge in [0.2, 0.25) is 0 Å². The molecule has 3 nitrogen and oxygen atoms in total. The molecule has 0 atom stereocenters. The van der Waals surface area contributed by atoms with E-state index in [0.717, 1.165) is 25.9 Å². The molecule has 2 aromatic heterocycles. The summed E-state index contributed by atoms with van der Waals surface area (Å²) in [6.45, 7) is 6.56. The second kappa shape index (κ2) is 6.49. The predicted octanol–water partition coefficient (Wildman–Crippen LogP) is 4.60. The number of benzene rings is 1. The highest BCUT2D eigenvalue weighted by Gasteiger charge is 2.22. The number of hydrogen-bond acceptors (Lipinski definition) is 2. The molecule has 1 aromatic carbocycles. The molecule has 128 valence electrons. The van der Waals surface area contributed by atoms with Crippen LogP contribution in [0.25, 0.3) is 22.7 Å². The number of hydrogen-bond donors (Lipinski definition) is 0. The molecule has 0 amide bonds. The molecule has 0 N–H and O–H groups in total. The van der Waals surface area contributed by atoms with Gasteiger partial charge in [-0.15, -0.1) is 0 Å². The van der Waals surface area contributed by atoms with E-state index in [-0.39, 0.29) is 0 Å². The van der Waals surface area contributed by atoms with Crippen molar-refractivity contribution in [1.82, 2.24) is 14.5 Å². The van der Waals surface area contributed by atoms with Gasteiger partial charge in [0.25, 0.3) is 0 Å². The summed E-state index contributed by atoms with van der Waals surface area (Å²) in [6.07, 6.45) is 8.20. The summed E-state index contributed by atoms with van der Waals surface area (Å²) < 4.78 is 2.42. The zero-order valence-corrected chi connectivity index (χ0v) is 15.3. The lowest BCUT2D eigenvalue weighted by Crippen LogP contribution is -2.26. The van der Waals surface area contributed by atoms with Crippen molar-refractivity contribution in [3.63, 3.8) is 0 Å².